The molecule has 3 heteroatoms. The van der Waals surface area contributed by atoms with E-state index in [9.17, 15) is 0 Å². The lowest BCUT2D eigenvalue weighted by molar-refractivity contribution is 0.322. The average Bonchev–Trinajstić information content (AvgIpc) is 2.53. The quantitative estimate of drug-likeness (QED) is 0.743. The summed E-state index contributed by atoms with van der Waals surface area (Å²) in [4.78, 5) is 7.10. The highest BCUT2D eigenvalue weighted by atomic mass is 35.5. The number of hydrogen-bond acceptors (Lipinski definition) is 2. The van der Waals surface area contributed by atoms with E-state index in [1.807, 2.05) is 6.07 Å². The van der Waals surface area contributed by atoms with Crippen molar-refractivity contribution in [2.45, 2.75) is 44.5 Å². The van der Waals surface area contributed by atoms with Gasteiger partial charge in [0, 0.05) is 24.2 Å². The number of halogens is 1. The molecule has 1 aromatic carbocycles. The van der Waals surface area contributed by atoms with Crippen LogP contribution in [-0.2, 0) is 5.88 Å². The fourth-order valence-electron chi connectivity index (χ4n) is 3.62. The zero-order chi connectivity index (χ0) is 14.8. The predicted molar refractivity (Wildman–Crippen MR) is 91.1 cm³/mol. The molecule has 2 unspecified atom stereocenters. The van der Waals surface area contributed by atoms with Crippen molar-refractivity contribution in [2.24, 2.45) is 5.92 Å². The van der Waals surface area contributed by atoms with E-state index in [1.165, 1.54) is 36.8 Å². The molecule has 112 valence electrons. The summed E-state index contributed by atoms with van der Waals surface area (Å²) in [6, 6.07) is 11.2. The first-order valence-electron chi connectivity index (χ1n) is 7.88. The van der Waals surface area contributed by atoms with Gasteiger partial charge in [-0.15, -0.1) is 11.6 Å². The molecular weight excluding hydrogens is 280 g/mol. The molecule has 2 atom stereocenters. The second-order valence-corrected chi connectivity index (χ2v) is 6.49. The summed E-state index contributed by atoms with van der Waals surface area (Å²) < 4.78 is 0. The van der Waals surface area contributed by atoms with Crippen LogP contribution in [0, 0.1) is 5.92 Å². The Bertz CT molecular complexity index is 626. The maximum atomic E-state index is 6.04. The van der Waals surface area contributed by atoms with Gasteiger partial charge in [-0.25, -0.2) is 0 Å². The highest BCUT2D eigenvalue weighted by Gasteiger charge is 2.26. The fraction of sp³-hybridized carbons (Fsp3) is 0.500. The van der Waals surface area contributed by atoms with Gasteiger partial charge in [-0.3, -0.25) is 4.98 Å². The number of rotatable bonds is 3. The lowest BCUT2D eigenvalue weighted by Crippen LogP contribution is -2.39. The Morgan fingerprint density at radius 1 is 1.24 bits per heavy atom. The molecule has 1 aliphatic carbocycles. The first kappa shape index (κ1) is 14.6. The van der Waals surface area contributed by atoms with Gasteiger partial charge >= 0.3 is 0 Å². The molecule has 1 fully saturated rings. The molecule has 2 aromatic rings. The van der Waals surface area contributed by atoms with Gasteiger partial charge in [0.25, 0.3) is 0 Å². The average molecular weight is 303 g/mol. The lowest BCUT2D eigenvalue weighted by Gasteiger charge is -2.38. The van der Waals surface area contributed by atoms with Gasteiger partial charge in [-0.2, -0.15) is 0 Å². The molecular formula is C18H23ClN2. The number of alkyl halides is 1. The van der Waals surface area contributed by atoms with Crippen LogP contribution in [-0.4, -0.2) is 18.1 Å². The van der Waals surface area contributed by atoms with Crippen LogP contribution in [0.4, 0.5) is 5.69 Å². The molecule has 0 spiro atoms. The Morgan fingerprint density at radius 3 is 2.76 bits per heavy atom. The SMILES string of the molecule is CC1CCCCC1N(C)c1cc(CCl)nc2ccccc12. The van der Waals surface area contributed by atoms with E-state index in [2.05, 4.69) is 48.1 Å². The van der Waals surface area contributed by atoms with E-state index in [0.717, 1.165) is 17.1 Å². The number of para-hydroxylation sites is 1. The Morgan fingerprint density at radius 2 is 2.00 bits per heavy atom. The molecule has 0 aliphatic heterocycles. The summed E-state index contributed by atoms with van der Waals surface area (Å²) in [6.45, 7) is 2.38. The third-order valence-corrected chi connectivity index (χ3v) is 5.10. The minimum Gasteiger partial charge on any atom is -0.371 e. The maximum Gasteiger partial charge on any atom is 0.0726 e. The molecule has 21 heavy (non-hydrogen) atoms. The molecule has 1 aliphatic rings. The van der Waals surface area contributed by atoms with Crippen molar-refractivity contribution >= 4 is 28.2 Å². The van der Waals surface area contributed by atoms with E-state index in [-0.39, 0.29) is 0 Å². The zero-order valence-electron chi connectivity index (χ0n) is 12.8. The van der Waals surface area contributed by atoms with Gasteiger partial charge in [0.05, 0.1) is 17.1 Å². The monoisotopic (exact) mass is 302 g/mol. The summed E-state index contributed by atoms with van der Waals surface area (Å²) in [5.41, 5.74) is 3.27. The topological polar surface area (TPSA) is 16.1 Å². The van der Waals surface area contributed by atoms with Gasteiger partial charge in [0.1, 0.15) is 0 Å². The molecule has 0 amide bonds. The third kappa shape index (κ3) is 2.87. The van der Waals surface area contributed by atoms with Gasteiger partial charge in [0.15, 0.2) is 0 Å². The molecule has 1 heterocycles. The van der Waals surface area contributed by atoms with E-state index < -0.39 is 0 Å². The highest BCUT2D eigenvalue weighted by Crippen LogP contribution is 2.34. The zero-order valence-corrected chi connectivity index (χ0v) is 13.6. The fourth-order valence-corrected chi connectivity index (χ4v) is 3.76. The summed E-state index contributed by atoms with van der Waals surface area (Å²) in [7, 11) is 2.23. The van der Waals surface area contributed by atoms with Crippen LogP contribution >= 0.6 is 11.6 Å². The standard InChI is InChI=1S/C18H23ClN2/c1-13-7-3-6-10-17(13)21(2)18-11-14(12-19)20-16-9-5-4-8-15(16)18/h4-5,8-9,11,13,17H,3,6-7,10,12H2,1-2H3. The number of fused-ring (bicyclic) bond motifs is 1. The van der Waals surface area contributed by atoms with Gasteiger partial charge in [-0.1, -0.05) is 38.0 Å². The second kappa shape index (κ2) is 6.23. The third-order valence-electron chi connectivity index (χ3n) is 4.83. The minimum atomic E-state index is 0.464. The van der Waals surface area contributed by atoms with Crippen LogP contribution in [0.5, 0.6) is 0 Å². The van der Waals surface area contributed by atoms with Crippen LogP contribution in [0.2, 0.25) is 0 Å². The number of hydrogen-bond donors (Lipinski definition) is 0. The van der Waals surface area contributed by atoms with Crippen LogP contribution in [0.15, 0.2) is 30.3 Å². The number of nitrogens with zero attached hydrogens (tertiary/aromatic N) is 2. The maximum absolute atomic E-state index is 6.04. The van der Waals surface area contributed by atoms with Crippen molar-refractivity contribution < 1.29 is 0 Å². The number of anilines is 1. The molecule has 3 rings (SSSR count). The predicted octanol–water partition coefficient (Wildman–Crippen LogP) is 4.99. The molecule has 1 aromatic heterocycles. The van der Waals surface area contributed by atoms with Crippen LogP contribution in [0.1, 0.15) is 38.3 Å². The number of pyridine rings is 1. The Balaban J connectivity index is 2.05. The normalized spacial score (nSPS) is 22.4. The second-order valence-electron chi connectivity index (χ2n) is 6.22. The summed E-state index contributed by atoms with van der Waals surface area (Å²) >= 11 is 6.04. The Kier molecular flexibility index (Phi) is 4.34. The number of benzene rings is 1. The first-order chi connectivity index (χ1) is 10.2. The van der Waals surface area contributed by atoms with Crippen molar-refractivity contribution in [3.05, 3.63) is 36.0 Å². The van der Waals surface area contributed by atoms with Crippen molar-refractivity contribution in [1.82, 2.24) is 4.98 Å². The Hall–Kier alpha value is -1.28. The Labute approximate surface area is 132 Å². The molecule has 0 bridgehead atoms. The van der Waals surface area contributed by atoms with Gasteiger partial charge in [0.2, 0.25) is 0 Å². The molecule has 2 nitrogen and oxygen atoms in total. The smallest absolute Gasteiger partial charge is 0.0726 e. The van der Waals surface area contributed by atoms with E-state index in [4.69, 9.17) is 11.6 Å². The molecule has 0 radical (unpaired) electrons. The van der Waals surface area contributed by atoms with Crippen molar-refractivity contribution in [1.29, 1.82) is 0 Å². The van der Waals surface area contributed by atoms with Crippen LogP contribution < -0.4 is 4.90 Å². The molecule has 1 saturated carbocycles. The van der Waals surface area contributed by atoms with Crippen molar-refractivity contribution in [2.75, 3.05) is 11.9 Å². The number of aromatic nitrogens is 1. The van der Waals surface area contributed by atoms with E-state index in [1.54, 1.807) is 0 Å². The summed E-state index contributed by atoms with van der Waals surface area (Å²) in [6.07, 6.45) is 5.32. The van der Waals surface area contributed by atoms with E-state index >= 15 is 0 Å². The molecule has 0 N–H and O–H groups in total. The lowest BCUT2D eigenvalue weighted by atomic mass is 9.85. The summed E-state index contributed by atoms with van der Waals surface area (Å²) in [5.74, 6) is 1.21. The summed E-state index contributed by atoms with van der Waals surface area (Å²) in [5, 5.41) is 1.23. The largest absolute Gasteiger partial charge is 0.371 e. The van der Waals surface area contributed by atoms with Crippen molar-refractivity contribution in [3.8, 4) is 0 Å². The van der Waals surface area contributed by atoms with E-state index in [0.29, 0.717) is 11.9 Å². The first-order valence-corrected chi connectivity index (χ1v) is 8.41. The van der Waals surface area contributed by atoms with Gasteiger partial charge < -0.3 is 4.90 Å². The molecule has 0 saturated heterocycles. The minimum absolute atomic E-state index is 0.464. The van der Waals surface area contributed by atoms with Crippen LogP contribution in [0.25, 0.3) is 10.9 Å². The van der Waals surface area contributed by atoms with Crippen molar-refractivity contribution in [3.63, 3.8) is 0 Å². The van der Waals surface area contributed by atoms with Crippen LogP contribution in [0.3, 0.4) is 0 Å². The highest BCUT2D eigenvalue weighted by molar-refractivity contribution is 6.17. The van der Waals surface area contributed by atoms with Gasteiger partial charge in [-0.05, 0) is 30.9 Å².